The lowest BCUT2D eigenvalue weighted by Crippen LogP contribution is -2.23. The Balaban J connectivity index is 2.05. The molecule has 21 heavy (non-hydrogen) atoms. The van der Waals surface area contributed by atoms with Crippen LogP contribution >= 0.6 is 0 Å². The number of nitriles is 1. The van der Waals surface area contributed by atoms with Crippen LogP contribution in [0.2, 0.25) is 0 Å². The minimum absolute atomic E-state index is 0.333. The van der Waals surface area contributed by atoms with Gasteiger partial charge in [-0.1, -0.05) is 12.1 Å². The number of anilines is 1. The molecule has 0 fully saturated rings. The first-order chi connectivity index (χ1) is 10.2. The van der Waals surface area contributed by atoms with Gasteiger partial charge in [-0.05, 0) is 30.2 Å². The largest absolute Gasteiger partial charge is 0.497 e. The van der Waals surface area contributed by atoms with Gasteiger partial charge in [-0.2, -0.15) is 5.26 Å². The zero-order chi connectivity index (χ0) is 15.1. The van der Waals surface area contributed by atoms with Crippen molar-refractivity contribution >= 4 is 11.6 Å². The van der Waals surface area contributed by atoms with Crippen molar-refractivity contribution in [3.8, 4) is 11.8 Å². The summed E-state index contributed by atoms with van der Waals surface area (Å²) in [4.78, 5) is 16.1. The van der Waals surface area contributed by atoms with Crippen LogP contribution in [0.15, 0.2) is 48.8 Å². The molecule has 0 aliphatic rings. The standard InChI is InChI=1S/C16H15N3O2/c1-21-15-6-2-5-14(9-15)19-16(20)13(10-17)8-12-4-3-7-18-11-12/h2-7,9,11,13H,8H2,1H3,(H,19,20)/t13-/m1/s1. The number of rotatable bonds is 5. The fourth-order valence-electron chi connectivity index (χ4n) is 1.88. The third kappa shape index (κ3) is 4.05. The van der Waals surface area contributed by atoms with Gasteiger partial charge >= 0.3 is 0 Å². The van der Waals surface area contributed by atoms with Crippen LogP contribution in [-0.4, -0.2) is 18.0 Å². The van der Waals surface area contributed by atoms with E-state index in [1.54, 1.807) is 49.8 Å². The predicted molar refractivity (Wildman–Crippen MR) is 78.7 cm³/mol. The summed E-state index contributed by atoms with van der Waals surface area (Å²) in [7, 11) is 1.56. The van der Waals surface area contributed by atoms with E-state index >= 15 is 0 Å². The van der Waals surface area contributed by atoms with Crippen LogP contribution < -0.4 is 10.1 Å². The van der Waals surface area contributed by atoms with Crippen molar-refractivity contribution in [1.29, 1.82) is 5.26 Å². The van der Waals surface area contributed by atoms with Crippen molar-refractivity contribution in [1.82, 2.24) is 4.98 Å². The Hall–Kier alpha value is -2.87. The van der Waals surface area contributed by atoms with Gasteiger partial charge in [0.2, 0.25) is 5.91 Å². The van der Waals surface area contributed by atoms with E-state index < -0.39 is 5.92 Å². The number of benzene rings is 1. The lowest BCUT2D eigenvalue weighted by molar-refractivity contribution is -0.118. The van der Waals surface area contributed by atoms with Crippen LogP contribution in [-0.2, 0) is 11.2 Å². The molecule has 2 rings (SSSR count). The molecule has 106 valence electrons. The molecule has 0 bridgehead atoms. The molecule has 1 heterocycles. The van der Waals surface area contributed by atoms with Crippen molar-refractivity contribution in [3.05, 3.63) is 54.4 Å². The fourth-order valence-corrected chi connectivity index (χ4v) is 1.88. The van der Waals surface area contributed by atoms with Crippen molar-refractivity contribution in [2.45, 2.75) is 6.42 Å². The molecule has 1 aromatic heterocycles. The number of carbonyl (C=O) groups excluding carboxylic acids is 1. The van der Waals surface area contributed by atoms with E-state index in [4.69, 9.17) is 4.74 Å². The van der Waals surface area contributed by atoms with Gasteiger partial charge in [-0.15, -0.1) is 0 Å². The number of nitrogens with zero attached hydrogens (tertiary/aromatic N) is 2. The highest BCUT2D eigenvalue weighted by molar-refractivity contribution is 5.94. The maximum atomic E-state index is 12.2. The van der Waals surface area contributed by atoms with Crippen LogP contribution in [0.1, 0.15) is 5.56 Å². The number of hydrogen-bond acceptors (Lipinski definition) is 4. The van der Waals surface area contributed by atoms with Gasteiger partial charge in [0.05, 0.1) is 13.2 Å². The molecule has 0 unspecified atom stereocenters. The van der Waals surface area contributed by atoms with Crippen LogP contribution in [0.25, 0.3) is 0 Å². The molecule has 1 atom stereocenters. The molecular formula is C16H15N3O2. The Kier molecular flexibility index (Phi) is 4.89. The van der Waals surface area contributed by atoms with E-state index in [0.717, 1.165) is 5.56 Å². The van der Waals surface area contributed by atoms with Gasteiger partial charge in [-0.25, -0.2) is 0 Å². The summed E-state index contributed by atoms with van der Waals surface area (Å²) in [5, 5.41) is 11.9. The highest BCUT2D eigenvalue weighted by Crippen LogP contribution is 2.18. The van der Waals surface area contributed by atoms with Crippen molar-refractivity contribution in [3.63, 3.8) is 0 Å². The number of nitrogens with one attached hydrogen (secondary N) is 1. The topological polar surface area (TPSA) is 75.0 Å². The smallest absolute Gasteiger partial charge is 0.242 e. The van der Waals surface area contributed by atoms with E-state index in [0.29, 0.717) is 17.9 Å². The van der Waals surface area contributed by atoms with Crippen LogP contribution in [0.5, 0.6) is 5.75 Å². The Morgan fingerprint density at radius 1 is 1.43 bits per heavy atom. The molecule has 5 heteroatoms. The number of pyridine rings is 1. The summed E-state index contributed by atoms with van der Waals surface area (Å²) in [6, 6.07) is 12.7. The number of aromatic nitrogens is 1. The van der Waals surface area contributed by atoms with E-state index in [1.165, 1.54) is 0 Å². The molecule has 0 saturated heterocycles. The Bertz CT molecular complexity index is 650. The normalized spacial score (nSPS) is 11.2. The highest BCUT2D eigenvalue weighted by atomic mass is 16.5. The quantitative estimate of drug-likeness (QED) is 0.913. The molecule has 1 amide bonds. The Labute approximate surface area is 123 Å². The lowest BCUT2D eigenvalue weighted by Gasteiger charge is -2.11. The second-order valence-electron chi connectivity index (χ2n) is 4.47. The van der Waals surface area contributed by atoms with Gasteiger partial charge in [0.25, 0.3) is 0 Å². The van der Waals surface area contributed by atoms with Gasteiger partial charge in [0, 0.05) is 24.1 Å². The average Bonchev–Trinajstić information content (AvgIpc) is 2.53. The van der Waals surface area contributed by atoms with Gasteiger partial charge in [-0.3, -0.25) is 9.78 Å². The zero-order valence-electron chi connectivity index (χ0n) is 11.6. The van der Waals surface area contributed by atoms with Crippen molar-refractivity contribution in [2.75, 3.05) is 12.4 Å². The van der Waals surface area contributed by atoms with E-state index in [-0.39, 0.29) is 5.91 Å². The molecule has 0 spiro atoms. The number of methoxy groups -OCH3 is 1. The number of carbonyl (C=O) groups is 1. The molecule has 0 saturated carbocycles. The zero-order valence-corrected chi connectivity index (χ0v) is 11.6. The van der Waals surface area contributed by atoms with Crippen LogP contribution in [0.3, 0.4) is 0 Å². The first kappa shape index (κ1) is 14.5. The summed E-state index contributed by atoms with van der Waals surface area (Å²) in [5.74, 6) is -0.455. The predicted octanol–water partition coefficient (Wildman–Crippen LogP) is 2.41. The minimum Gasteiger partial charge on any atom is -0.497 e. The Morgan fingerprint density at radius 2 is 2.29 bits per heavy atom. The molecule has 0 radical (unpaired) electrons. The van der Waals surface area contributed by atoms with Gasteiger partial charge < -0.3 is 10.1 Å². The van der Waals surface area contributed by atoms with Crippen molar-refractivity contribution < 1.29 is 9.53 Å². The first-order valence-corrected chi connectivity index (χ1v) is 6.46. The summed E-state index contributed by atoms with van der Waals surface area (Å²) >= 11 is 0. The second-order valence-corrected chi connectivity index (χ2v) is 4.47. The maximum Gasteiger partial charge on any atom is 0.242 e. The highest BCUT2D eigenvalue weighted by Gasteiger charge is 2.18. The van der Waals surface area contributed by atoms with Gasteiger partial charge in [0.15, 0.2) is 0 Å². The van der Waals surface area contributed by atoms with Crippen LogP contribution in [0.4, 0.5) is 5.69 Å². The molecule has 1 N–H and O–H groups in total. The molecule has 0 aliphatic heterocycles. The third-order valence-electron chi connectivity index (χ3n) is 2.97. The SMILES string of the molecule is COc1cccc(NC(=O)[C@@H](C#N)Cc2cccnc2)c1. The molecule has 0 aliphatic carbocycles. The number of amides is 1. The van der Waals surface area contributed by atoms with E-state index in [9.17, 15) is 10.1 Å². The van der Waals surface area contributed by atoms with E-state index in [2.05, 4.69) is 10.3 Å². The first-order valence-electron chi connectivity index (χ1n) is 6.46. The molecule has 1 aromatic carbocycles. The summed E-state index contributed by atoms with van der Waals surface area (Å²) < 4.78 is 5.09. The summed E-state index contributed by atoms with van der Waals surface area (Å²) in [6.45, 7) is 0. The molecule has 5 nitrogen and oxygen atoms in total. The maximum absolute atomic E-state index is 12.2. The fraction of sp³-hybridized carbons (Fsp3) is 0.188. The van der Waals surface area contributed by atoms with Crippen molar-refractivity contribution in [2.24, 2.45) is 5.92 Å². The third-order valence-corrected chi connectivity index (χ3v) is 2.97. The van der Waals surface area contributed by atoms with E-state index in [1.807, 2.05) is 12.1 Å². The molecule has 2 aromatic rings. The van der Waals surface area contributed by atoms with Crippen LogP contribution in [0, 0.1) is 17.2 Å². The summed E-state index contributed by atoms with van der Waals surface area (Å²) in [6.07, 6.45) is 3.64. The Morgan fingerprint density at radius 3 is 2.95 bits per heavy atom. The second kappa shape index (κ2) is 7.06. The van der Waals surface area contributed by atoms with Gasteiger partial charge in [0.1, 0.15) is 11.7 Å². The number of hydrogen-bond donors (Lipinski definition) is 1. The summed E-state index contributed by atoms with van der Waals surface area (Å²) in [5.41, 5.74) is 1.45. The average molecular weight is 281 g/mol. The number of ether oxygens (including phenoxy) is 1. The minimum atomic E-state index is -0.764. The lowest BCUT2D eigenvalue weighted by atomic mass is 10.0. The monoisotopic (exact) mass is 281 g/mol. The molecular weight excluding hydrogens is 266 g/mol.